The Morgan fingerprint density at radius 2 is 1.89 bits per heavy atom. The van der Waals surface area contributed by atoms with E-state index in [2.05, 4.69) is 15.1 Å². The van der Waals surface area contributed by atoms with E-state index < -0.39 is 29.2 Å². The van der Waals surface area contributed by atoms with Gasteiger partial charge in [-0.15, -0.1) is 4.98 Å². The number of piperazine rings is 1. The number of nitrogens with zero attached hydrogens (tertiary/aromatic N) is 4. The second-order valence-corrected chi connectivity index (χ2v) is 10.8. The molecule has 1 aromatic carbocycles. The zero-order valence-corrected chi connectivity index (χ0v) is 22.1. The van der Waals surface area contributed by atoms with Crippen molar-refractivity contribution in [3.05, 3.63) is 57.8 Å². The number of fused-ring (bicyclic) bond motifs is 1. The largest absolute Gasteiger partial charge is 0.444 e. The van der Waals surface area contributed by atoms with Gasteiger partial charge < -0.3 is 30.4 Å². The highest BCUT2D eigenvalue weighted by Crippen LogP contribution is 2.33. The fourth-order valence-corrected chi connectivity index (χ4v) is 5.08. The number of benzene rings is 1. The molecule has 38 heavy (non-hydrogen) atoms. The van der Waals surface area contributed by atoms with Gasteiger partial charge in [0.05, 0.1) is 16.8 Å². The number of carbonyl (C=O) groups excluding carboxylic acids is 2. The number of hydrogen-bond acceptors (Lipinski definition) is 7. The first-order valence-corrected chi connectivity index (χ1v) is 12.8. The molecule has 9 nitrogen and oxygen atoms in total. The average molecular weight is 543 g/mol. The molecule has 0 aliphatic carbocycles. The Morgan fingerprint density at radius 3 is 2.55 bits per heavy atom. The van der Waals surface area contributed by atoms with Crippen LogP contribution in [0.2, 0.25) is 0 Å². The molecule has 3 N–H and O–H groups in total. The molecule has 200 valence electrons. The van der Waals surface area contributed by atoms with E-state index in [-0.39, 0.29) is 40.6 Å². The topological polar surface area (TPSA) is 105 Å². The molecule has 1 saturated heterocycles. The van der Waals surface area contributed by atoms with Crippen LogP contribution in [-0.4, -0.2) is 60.2 Å². The highest BCUT2D eigenvalue weighted by atomic mass is 32.1. The molecule has 0 bridgehead atoms. The van der Waals surface area contributed by atoms with Gasteiger partial charge in [0.1, 0.15) is 22.1 Å². The minimum absolute atomic E-state index is 0.0670. The molecule has 1 fully saturated rings. The maximum absolute atomic E-state index is 14.9. The first kappa shape index (κ1) is 27.1. The Morgan fingerprint density at radius 1 is 1.18 bits per heavy atom. The van der Waals surface area contributed by atoms with E-state index >= 15 is 0 Å². The number of amides is 2. The number of ether oxygens (including phenoxy) is 1. The van der Waals surface area contributed by atoms with Crippen LogP contribution < -0.4 is 16.0 Å². The minimum atomic E-state index is -0.608. The molecule has 2 aromatic heterocycles. The van der Waals surface area contributed by atoms with Crippen LogP contribution in [0.4, 0.5) is 30.8 Å². The Labute approximate surface area is 223 Å². The van der Waals surface area contributed by atoms with Gasteiger partial charge >= 0.3 is 6.09 Å². The smallest absolute Gasteiger partial charge is 0.410 e. The van der Waals surface area contributed by atoms with Crippen molar-refractivity contribution in [2.75, 3.05) is 43.4 Å². The van der Waals surface area contributed by atoms with Gasteiger partial charge in [0.25, 0.3) is 11.7 Å². The lowest BCUT2D eigenvalue weighted by Gasteiger charge is -2.37. The second kappa shape index (κ2) is 10.8. The highest BCUT2D eigenvalue weighted by Gasteiger charge is 2.27. The number of rotatable bonds is 5. The molecule has 1 aliphatic rings. The number of carbonyl (C=O) groups is 2. The van der Waals surface area contributed by atoms with E-state index in [1.807, 2.05) is 0 Å². The van der Waals surface area contributed by atoms with Gasteiger partial charge in [-0.25, -0.2) is 13.6 Å². The summed E-state index contributed by atoms with van der Waals surface area (Å²) in [6.07, 6.45) is -0.352. The second-order valence-electron chi connectivity index (χ2n) is 9.83. The predicted octanol–water partition coefficient (Wildman–Crippen LogP) is 4.74. The summed E-state index contributed by atoms with van der Waals surface area (Å²) >= 11 is 1.07. The molecule has 12 heteroatoms. The number of anilines is 2. The van der Waals surface area contributed by atoms with Crippen molar-refractivity contribution in [3.63, 3.8) is 0 Å². The Kier molecular flexibility index (Phi) is 7.68. The number of hydrogen-bond donors (Lipinski definition) is 2. The Bertz CT molecular complexity index is 1420. The molecule has 0 spiro atoms. The summed E-state index contributed by atoms with van der Waals surface area (Å²) in [6, 6.07) is 5.47. The van der Waals surface area contributed by atoms with E-state index in [9.17, 15) is 18.4 Å². The van der Waals surface area contributed by atoms with Crippen LogP contribution in [0, 0.1) is 18.2 Å². The van der Waals surface area contributed by atoms with E-state index in [1.54, 1.807) is 36.6 Å². The molecule has 3 aromatic rings. The van der Waals surface area contributed by atoms with Crippen molar-refractivity contribution >= 4 is 50.7 Å². The lowest BCUT2D eigenvalue weighted by molar-refractivity contribution is 0.0240. The summed E-state index contributed by atoms with van der Waals surface area (Å²) in [5, 5.41) is 3.27. The normalized spacial score (nSPS) is 13.9. The van der Waals surface area contributed by atoms with Crippen molar-refractivity contribution in [1.29, 1.82) is 0 Å². The molecule has 0 saturated carbocycles. The number of halogens is 2. The van der Waals surface area contributed by atoms with Gasteiger partial charge in [-0.2, -0.15) is 0 Å². The molecule has 4 rings (SSSR count). The minimum Gasteiger partial charge on any atom is -0.444 e. The molecular formula is C26H28F2N6O3S. The monoisotopic (exact) mass is 542 g/mol. The fraction of sp³-hybridized carbons (Fsp3) is 0.385. The zero-order chi connectivity index (χ0) is 27.6. The number of thiophene rings is 1. The van der Waals surface area contributed by atoms with Gasteiger partial charge in [-0.05, 0) is 44.9 Å². The summed E-state index contributed by atoms with van der Waals surface area (Å²) in [6.45, 7) is 13.8. The maximum Gasteiger partial charge on any atom is 0.410 e. The van der Waals surface area contributed by atoms with Crippen molar-refractivity contribution in [2.45, 2.75) is 32.8 Å². The van der Waals surface area contributed by atoms with Crippen LogP contribution in [0.15, 0.2) is 24.3 Å². The van der Waals surface area contributed by atoms with Gasteiger partial charge in [-0.1, -0.05) is 24.0 Å². The fourth-order valence-electron chi connectivity index (χ4n) is 4.08. The van der Waals surface area contributed by atoms with Crippen molar-refractivity contribution < 1.29 is 23.1 Å². The third kappa shape index (κ3) is 5.94. The lowest BCUT2D eigenvalue weighted by Crippen LogP contribution is -2.50. The summed E-state index contributed by atoms with van der Waals surface area (Å²) in [5.74, 6) is -1.40. The Hall–Kier alpha value is -3.98. The lowest BCUT2D eigenvalue weighted by atomic mass is 10.1. The average Bonchev–Trinajstić information content (AvgIpc) is 3.20. The zero-order valence-electron chi connectivity index (χ0n) is 21.3. The Balaban J connectivity index is 1.35. The summed E-state index contributed by atoms with van der Waals surface area (Å²) < 4.78 is 35.2. The van der Waals surface area contributed by atoms with Crippen molar-refractivity contribution in [1.82, 2.24) is 15.2 Å². The van der Waals surface area contributed by atoms with E-state index in [1.165, 1.54) is 6.07 Å². The van der Waals surface area contributed by atoms with E-state index in [4.69, 9.17) is 17.0 Å². The number of nitrogen functional groups attached to an aromatic ring is 1. The SMILES string of the molecule is [C-]#[N+]c1ccc2c(N)c(C(=O)NCCc3cc(F)c(N4CCN(C(=O)OC(C)(C)C)CC4)cc3F)sc2n1. The van der Waals surface area contributed by atoms with Crippen LogP contribution in [0.1, 0.15) is 36.0 Å². The molecular weight excluding hydrogens is 514 g/mol. The van der Waals surface area contributed by atoms with Gasteiger partial charge in [0, 0.05) is 38.8 Å². The standard InChI is InChI=1S/C26H28F2N6O3S/c1-26(2,3)37-25(36)34-11-9-33(10-12-34)19-14-17(27)15(13-18(19)28)7-8-31-23(35)22-21(29)16-5-6-20(30-4)32-24(16)38-22/h5-6,13-14H,7-12,29H2,1-3H3,(H,31,35). The van der Waals surface area contributed by atoms with Crippen molar-refractivity contribution in [2.24, 2.45) is 0 Å². The number of nitrogens with two attached hydrogens (primary N) is 1. The van der Waals surface area contributed by atoms with Gasteiger partial charge in [0.2, 0.25) is 4.83 Å². The number of pyridine rings is 1. The third-order valence-electron chi connectivity index (χ3n) is 5.97. The van der Waals surface area contributed by atoms with Gasteiger partial charge in [-0.3, -0.25) is 4.79 Å². The van der Waals surface area contributed by atoms with E-state index in [0.29, 0.717) is 36.4 Å². The predicted molar refractivity (Wildman–Crippen MR) is 143 cm³/mol. The molecule has 0 atom stereocenters. The first-order valence-electron chi connectivity index (χ1n) is 12.0. The summed E-state index contributed by atoms with van der Waals surface area (Å²) in [5.41, 5.74) is 6.00. The van der Waals surface area contributed by atoms with Crippen LogP contribution in [0.25, 0.3) is 15.1 Å². The van der Waals surface area contributed by atoms with Crippen molar-refractivity contribution in [3.8, 4) is 0 Å². The maximum atomic E-state index is 14.9. The number of aromatic nitrogens is 1. The summed E-state index contributed by atoms with van der Waals surface area (Å²) in [7, 11) is 0. The molecule has 2 amide bonds. The van der Waals surface area contributed by atoms with Crippen LogP contribution in [-0.2, 0) is 11.2 Å². The molecule has 0 radical (unpaired) electrons. The molecule has 0 unspecified atom stereocenters. The number of nitrogens with one attached hydrogen (secondary N) is 1. The molecule has 3 heterocycles. The molecule has 1 aliphatic heterocycles. The highest BCUT2D eigenvalue weighted by molar-refractivity contribution is 7.21. The summed E-state index contributed by atoms with van der Waals surface area (Å²) in [4.78, 5) is 36.3. The van der Waals surface area contributed by atoms with Crippen LogP contribution >= 0.6 is 11.3 Å². The van der Waals surface area contributed by atoms with Crippen LogP contribution in [0.3, 0.4) is 0 Å². The van der Waals surface area contributed by atoms with Crippen LogP contribution in [0.5, 0.6) is 0 Å². The first-order chi connectivity index (χ1) is 18.0. The van der Waals surface area contributed by atoms with Gasteiger partial charge in [0.15, 0.2) is 0 Å². The quantitative estimate of drug-likeness (QED) is 0.452. The van der Waals surface area contributed by atoms with E-state index in [0.717, 1.165) is 23.5 Å². The third-order valence-corrected chi connectivity index (χ3v) is 7.08.